The van der Waals surface area contributed by atoms with Gasteiger partial charge in [0.2, 0.25) is 0 Å². The van der Waals surface area contributed by atoms with Gasteiger partial charge in [0.1, 0.15) is 22.5 Å². The SMILES string of the molecule is O=C1/C(=C\c2cc(Br)ccc2OCc2ccc(F)cc2)SC(=S)N1Cc1ccccc1. The highest BCUT2D eigenvalue weighted by molar-refractivity contribution is 9.10. The molecule has 0 aromatic heterocycles. The Balaban J connectivity index is 1.54. The lowest BCUT2D eigenvalue weighted by Gasteiger charge is -2.14. The zero-order chi connectivity index (χ0) is 21.8. The standard InChI is InChI=1S/C24H17BrFNO2S2/c25-19-8-11-21(29-15-17-6-9-20(26)10-7-17)18(12-19)13-22-23(28)27(24(30)31-22)14-16-4-2-1-3-5-16/h1-13H,14-15H2/b22-13+. The first-order valence-electron chi connectivity index (χ1n) is 9.46. The van der Waals surface area contributed by atoms with Crippen LogP contribution in [0.1, 0.15) is 16.7 Å². The molecule has 0 atom stereocenters. The predicted molar refractivity (Wildman–Crippen MR) is 130 cm³/mol. The number of carbonyl (C=O) groups is 1. The van der Waals surface area contributed by atoms with E-state index in [1.54, 1.807) is 23.1 Å². The number of hydrogen-bond donors (Lipinski definition) is 0. The summed E-state index contributed by atoms with van der Waals surface area (Å²) >= 11 is 10.2. The van der Waals surface area contributed by atoms with Crippen molar-refractivity contribution in [2.24, 2.45) is 0 Å². The van der Waals surface area contributed by atoms with E-state index in [0.29, 0.717) is 21.5 Å². The molecule has 3 nitrogen and oxygen atoms in total. The van der Waals surface area contributed by atoms with Crippen LogP contribution in [0, 0.1) is 5.82 Å². The Morgan fingerprint density at radius 1 is 1.03 bits per heavy atom. The van der Waals surface area contributed by atoms with Crippen molar-refractivity contribution in [2.45, 2.75) is 13.2 Å². The lowest BCUT2D eigenvalue weighted by atomic mass is 10.1. The molecule has 0 bridgehead atoms. The van der Waals surface area contributed by atoms with Crippen molar-refractivity contribution < 1.29 is 13.9 Å². The van der Waals surface area contributed by atoms with E-state index in [1.807, 2.05) is 48.5 Å². The molecule has 31 heavy (non-hydrogen) atoms. The first-order chi connectivity index (χ1) is 15.0. The largest absolute Gasteiger partial charge is 0.488 e. The van der Waals surface area contributed by atoms with Gasteiger partial charge in [-0.15, -0.1) is 0 Å². The van der Waals surface area contributed by atoms with Crippen LogP contribution in [0.5, 0.6) is 5.75 Å². The molecule has 1 amide bonds. The Kier molecular flexibility index (Phi) is 6.85. The molecule has 1 heterocycles. The highest BCUT2D eigenvalue weighted by atomic mass is 79.9. The maximum Gasteiger partial charge on any atom is 0.266 e. The third-order valence-electron chi connectivity index (χ3n) is 4.62. The zero-order valence-corrected chi connectivity index (χ0v) is 19.5. The first-order valence-corrected chi connectivity index (χ1v) is 11.5. The van der Waals surface area contributed by atoms with E-state index in [9.17, 15) is 9.18 Å². The van der Waals surface area contributed by atoms with Crippen LogP contribution in [0.15, 0.2) is 82.2 Å². The lowest BCUT2D eigenvalue weighted by molar-refractivity contribution is -0.122. The molecule has 0 aliphatic carbocycles. The average Bonchev–Trinajstić information content (AvgIpc) is 3.02. The number of thioether (sulfide) groups is 1. The Bertz CT molecular complexity index is 1150. The number of thiocarbonyl (C=S) groups is 1. The summed E-state index contributed by atoms with van der Waals surface area (Å²) in [5, 5.41) is 0. The molecule has 4 rings (SSSR count). The summed E-state index contributed by atoms with van der Waals surface area (Å²) in [6.07, 6.45) is 1.80. The van der Waals surface area contributed by atoms with E-state index in [-0.39, 0.29) is 18.3 Å². The van der Waals surface area contributed by atoms with Crippen molar-refractivity contribution >= 4 is 56.2 Å². The second kappa shape index (κ2) is 9.77. The average molecular weight is 514 g/mol. The highest BCUT2D eigenvalue weighted by Gasteiger charge is 2.32. The van der Waals surface area contributed by atoms with Crippen LogP contribution in [0.3, 0.4) is 0 Å². The second-order valence-corrected chi connectivity index (χ2v) is 9.44. The summed E-state index contributed by atoms with van der Waals surface area (Å²) in [5.41, 5.74) is 2.63. The number of carbonyl (C=O) groups excluding carboxylic acids is 1. The van der Waals surface area contributed by atoms with Crippen LogP contribution in [0.25, 0.3) is 6.08 Å². The fraction of sp³-hybridized carbons (Fsp3) is 0.0833. The van der Waals surface area contributed by atoms with E-state index in [2.05, 4.69) is 15.9 Å². The Morgan fingerprint density at radius 2 is 1.77 bits per heavy atom. The van der Waals surface area contributed by atoms with E-state index in [4.69, 9.17) is 17.0 Å². The van der Waals surface area contributed by atoms with Crippen LogP contribution < -0.4 is 4.74 Å². The van der Waals surface area contributed by atoms with Crippen molar-refractivity contribution in [3.05, 3.63) is 105 Å². The smallest absolute Gasteiger partial charge is 0.266 e. The number of halogens is 2. The number of hydrogen-bond acceptors (Lipinski definition) is 4. The van der Waals surface area contributed by atoms with Gasteiger partial charge in [-0.1, -0.05) is 82.4 Å². The molecule has 156 valence electrons. The fourth-order valence-electron chi connectivity index (χ4n) is 3.05. The van der Waals surface area contributed by atoms with Gasteiger partial charge in [0, 0.05) is 10.0 Å². The van der Waals surface area contributed by atoms with Crippen molar-refractivity contribution in [1.29, 1.82) is 0 Å². The maximum atomic E-state index is 13.1. The summed E-state index contributed by atoms with van der Waals surface area (Å²) < 4.78 is 20.5. The summed E-state index contributed by atoms with van der Waals surface area (Å²) in [6.45, 7) is 0.729. The van der Waals surface area contributed by atoms with Crippen LogP contribution in [-0.2, 0) is 17.9 Å². The van der Waals surface area contributed by atoms with Crippen molar-refractivity contribution in [3.63, 3.8) is 0 Å². The minimum atomic E-state index is -0.286. The molecule has 1 fully saturated rings. The molecule has 1 aliphatic heterocycles. The summed E-state index contributed by atoms with van der Waals surface area (Å²) in [4.78, 5) is 15.1. The van der Waals surface area contributed by atoms with Gasteiger partial charge < -0.3 is 4.74 Å². The van der Waals surface area contributed by atoms with Crippen LogP contribution in [0.4, 0.5) is 4.39 Å². The van der Waals surface area contributed by atoms with Gasteiger partial charge >= 0.3 is 0 Å². The number of rotatable bonds is 6. The summed E-state index contributed by atoms with van der Waals surface area (Å²) in [6, 6.07) is 21.5. The van der Waals surface area contributed by atoms with Crippen molar-refractivity contribution in [3.8, 4) is 5.75 Å². The summed E-state index contributed by atoms with van der Waals surface area (Å²) in [7, 11) is 0. The third-order valence-corrected chi connectivity index (χ3v) is 6.49. The number of nitrogens with zero attached hydrogens (tertiary/aromatic N) is 1. The van der Waals surface area contributed by atoms with E-state index in [1.165, 1.54) is 23.9 Å². The molecule has 1 saturated heterocycles. The quantitative estimate of drug-likeness (QED) is 0.275. The van der Waals surface area contributed by atoms with E-state index in [0.717, 1.165) is 21.2 Å². The summed E-state index contributed by atoms with van der Waals surface area (Å²) in [5.74, 6) is 0.217. The number of amides is 1. The van der Waals surface area contributed by atoms with Crippen LogP contribution >= 0.6 is 39.9 Å². The molecule has 3 aromatic carbocycles. The Labute approximate surface area is 198 Å². The Hall–Kier alpha value is -2.48. The van der Waals surface area contributed by atoms with Crippen LogP contribution in [-0.4, -0.2) is 15.1 Å². The van der Waals surface area contributed by atoms with Gasteiger partial charge in [0.25, 0.3) is 5.91 Å². The minimum absolute atomic E-state index is 0.122. The van der Waals surface area contributed by atoms with Crippen molar-refractivity contribution in [1.82, 2.24) is 4.90 Å². The molecule has 0 saturated carbocycles. The van der Waals surface area contributed by atoms with E-state index < -0.39 is 0 Å². The molecular formula is C24H17BrFNO2S2. The molecule has 0 unspecified atom stereocenters. The van der Waals surface area contributed by atoms with Crippen LogP contribution in [0.2, 0.25) is 0 Å². The fourth-order valence-corrected chi connectivity index (χ4v) is 4.67. The monoisotopic (exact) mass is 513 g/mol. The zero-order valence-electron chi connectivity index (χ0n) is 16.3. The van der Waals surface area contributed by atoms with Gasteiger partial charge in [-0.2, -0.15) is 0 Å². The first kappa shape index (κ1) is 21.7. The van der Waals surface area contributed by atoms with Gasteiger partial charge in [0.05, 0.1) is 11.4 Å². The topological polar surface area (TPSA) is 29.5 Å². The number of benzene rings is 3. The second-order valence-electron chi connectivity index (χ2n) is 6.85. The normalized spacial score (nSPS) is 15.0. The maximum absolute atomic E-state index is 13.1. The van der Waals surface area contributed by atoms with Gasteiger partial charge in [-0.25, -0.2) is 4.39 Å². The minimum Gasteiger partial charge on any atom is -0.488 e. The highest BCUT2D eigenvalue weighted by Crippen LogP contribution is 2.36. The molecule has 7 heteroatoms. The number of ether oxygens (including phenoxy) is 1. The van der Waals surface area contributed by atoms with Gasteiger partial charge in [-0.05, 0) is 47.5 Å². The Morgan fingerprint density at radius 3 is 2.52 bits per heavy atom. The molecule has 1 aliphatic rings. The lowest BCUT2D eigenvalue weighted by Crippen LogP contribution is -2.27. The molecule has 0 N–H and O–H groups in total. The van der Waals surface area contributed by atoms with Crippen molar-refractivity contribution in [2.75, 3.05) is 0 Å². The molecule has 0 spiro atoms. The van der Waals surface area contributed by atoms with Gasteiger partial charge in [0.15, 0.2) is 0 Å². The van der Waals surface area contributed by atoms with Gasteiger partial charge in [-0.3, -0.25) is 9.69 Å². The molecular weight excluding hydrogens is 497 g/mol. The third kappa shape index (κ3) is 5.42. The molecule has 3 aromatic rings. The van der Waals surface area contributed by atoms with E-state index >= 15 is 0 Å². The molecule has 0 radical (unpaired) electrons. The predicted octanol–water partition coefficient (Wildman–Crippen LogP) is 6.57.